The Labute approximate surface area is 139 Å². The summed E-state index contributed by atoms with van der Waals surface area (Å²) in [6.45, 7) is 3.17. The molecule has 1 unspecified atom stereocenters. The minimum Gasteiger partial charge on any atom is -0.340 e. The Hall–Kier alpha value is -2.77. The first-order valence-electron chi connectivity index (χ1n) is 7.98. The van der Waals surface area contributed by atoms with Crippen molar-refractivity contribution < 1.29 is 9.72 Å². The highest BCUT2D eigenvalue weighted by Gasteiger charge is 2.25. The molecule has 1 aliphatic heterocycles. The van der Waals surface area contributed by atoms with Crippen molar-refractivity contribution in [2.75, 3.05) is 6.54 Å². The van der Waals surface area contributed by atoms with E-state index in [1.54, 1.807) is 24.5 Å². The lowest BCUT2D eigenvalue weighted by Gasteiger charge is -2.21. The maximum Gasteiger partial charge on any atom is 0.314 e. The van der Waals surface area contributed by atoms with Crippen molar-refractivity contribution in [3.8, 4) is 11.3 Å². The maximum absolute atomic E-state index is 12.3. The lowest BCUT2D eigenvalue weighted by molar-refractivity contribution is -0.384. The second kappa shape index (κ2) is 6.77. The SMILES string of the molecule is CC1CCCN1C(=O)CCn1cc([N+](=O)[O-])c(-c2ccncc2)n1. The summed E-state index contributed by atoms with van der Waals surface area (Å²) in [7, 11) is 0. The molecule has 0 saturated carbocycles. The monoisotopic (exact) mass is 329 g/mol. The van der Waals surface area contributed by atoms with Gasteiger partial charge in [-0.1, -0.05) is 0 Å². The van der Waals surface area contributed by atoms with Gasteiger partial charge in [-0.15, -0.1) is 0 Å². The molecule has 1 atom stereocenters. The van der Waals surface area contributed by atoms with E-state index < -0.39 is 4.92 Å². The molecule has 3 rings (SSSR count). The van der Waals surface area contributed by atoms with E-state index >= 15 is 0 Å². The van der Waals surface area contributed by atoms with Crippen LogP contribution in [-0.2, 0) is 11.3 Å². The number of amides is 1. The number of nitrogens with zero attached hydrogens (tertiary/aromatic N) is 5. The minimum atomic E-state index is -0.455. The van der Waals surface area contributed by atoms with Gasteiger partial charge in [-0.25, -0.2) is 0 Å². The van der Waals surface area contributed by atoms with Crippen LogP contribution in [0.25, 0.3) is 11.3 Å². The third-order valence-corrected chi connectivity index (χ3v) is 4.32. The predicted octanol–water partition coefficient (Wildman–Crippen LogP) is 2.25. The van der Waals surface area contributed by atoms with Crippen LogP contribution in [0.2, 0.25) is 0 Å². The van der Waals surface area contributed by atoms with Crippen LogP contribution in [0.4, 0.5) is 5.69 Å². The summed E-state index contributed by atoms with van der Waals surface area (Å²) in [5.41, 5.74) is 0.863. The largest absolute Gasteiger partial charge is 0.340 e. The van der Waals surface area contributed by atoms with Crippen LogP contribution in [0.3, 0.4) is 0 Å². The zero-order valence-electron chi connectivity index (χ0n) is 13.5. The van der Waals surface area contributed by atoms with Crippen molar-refractivity contribution in [3.05, 3.63) is 40.8 Å². The highest BCUT2D eigenvalue weighted by Crippen LogP contribution is 2.27. The lowest BCUT2D eigenvalue weighted by Crippen LogP contribution is -2.34. The number of hydrogen-bond donors (Lipinski definition) is 0. The van der Waals surface area contributed by atoms with Gasteiger partial charge in [-0.3, -0.25) is 24.6 Å². The molecule has 2 aromatic heterocycles. The second-order valence-electron chi connectivity index (χ2n) is 5.95. The van der Waals surface area contributed by atoms with Crippen LogP contribution in [-0.4, -0.2) is 43.1 Å². The van der Waals surface area contributed by atoms with Crippen molar-refractivity contribution in [1.82, 2.24) is 19.7 Å². The molecule has 0 bridgehead atoms. The number of nitro groups is 1. The molecule has 0 aromatic carbocycles. The van der Waals surface area contributed by atoms with Crippen molar-refractivity contribution in [3.63, 3.8) is 0 Å². The second-order valence-corrected chi connectivity index (χ2v) is 5.95. The molecule has 2 aromatic rings. The zero-order valence-corrected chi connectivity index (χ0v) is 13.5. The van der Waals surface area contributed by atoms with Gasteiger partial charge in [0.2, 0.25) is 5.91 Å². The molecular formula is C16H19N5O3. The smallest absolute Gasteiger partial charge is 0.314 e. The van der Waals surface area contributed by atoms with Crippen molar-refractivity contribution in [2.45, 2.75) is 38.8 Å². The molecule has 0 radical (unpaired) electrons. The summed E-state index contributed by atoms with van der Waals surface area (Å²) in [4.78, 5) is 28.9. The Morgan fingerprint density at radius 1 is 1.42 bits per heavy atom. The van der Waals surface area contributed by atoms with Crippen LogP contribution in [0.1, 0.15) is 26.2 Å². The average molecular weight is 329 g/mol. The van der Waals surface area contributed by atoms with E-state index in [0.717, 1.165) is 19.4 Å². The number of carbonyl (C=O) groups excluding carboxylic acids is 1. The number of rotatable bonds is 5. The minimum absolute atomic E-state index is 0.0665. The van der Waals surface area contributed by atoms with Gasteiger partial charge < -0.3 is 4.90 Å². The molecule has 1 amide bonds. The molecule has 8 heteroatoms. The molecule has 0 aliphatic carbocycles. The summed E-state index contributed by atoms with van der Waals surface area (Å²) in [6.07, 6.45) is 6.87. The fourth-order valence-electron chi connectivity index (χ4n) is 3.03. The molecule has 0 N–H and O–H groups in total. The number of hydrogen-bond acceptors (Lipinski definition) is 5. The summed E-state index contributed by atoms with van der Waals surface area (Å²) in [5, 5.41) is 15.6. The van der Waals surface area contributed by atoms with Gasteiger partial charge in [-0.05, 0) is 31.9 Å². The molecule has 1 saturated heterocycles. The fraction of sp³-hybridized carbons (Fsp3) is 0.438. The van der Waals surface area contributed by atoms with E-state index in [1.807, 2.05) is 11.8 Å². The fourth-order valence-corrected chi connectivity index (χ4v) is 3.03. The van der Waals surface area contributed by atoms with Gasteiger partial charge in [-0.2, -0.15) is 5.10 Å². The van der Waals surface area contributed by atoms with E-state index in [9.17, 15) is 14.9 Å². The van der Waals surface area contributed by atoms with E-state index in [0.29, 0.717) is 24.2 Å². The number of likely N-dealkylation sites (tertiary alicyclic amines) is 1. The number of pyridine rings is 1. The first-order valence-corrected chi connectivity index (χ1v) is 7.98. The summed E-state index contributed by atoms with van der Waals surface area (Å²) in [6, 6.07) is 3.63. The van der Waals surface area contributed by atoms with Gasteiger partial charge in [0.05, 0.1) is 4.92 Å². The molecule has 1 aliphatic rings. The van der Waals surface area contributed by atoms with Crippen molar-refractivity contribution >= 4 is 11.6 Å². The van der Waals surface area contributed by atoms with Gasteiger partial charge in [0.1, 0.15) is 6.20 Å². The first kappa shape index (κ1) is 16.1. The summed E-state index contributed by atoms with van der Waals surface area (Å²) < 4.78 is 1.48. The van der Waals surface area contributed by atoms with Crippen molar-refractivity contribution in [2.24, 2.45) is 0 Å². The maximum atomic E-state index is 12.3. The highest BCUT2D eigenvalue weighted by atomic mass is 16.6. The average Bonchev–Trinajstić information content (AvgIpc) is 3.20. The van der Waals surface area contributed by atoms with Gasteiger partial charge >= 0.3 is 5.69 Å². The van der Waals surface area contributed by atoms with Crippen LogP contribution in [0, 0.1) is 10.1 Å². The van der Waals surface area contributed by atoms with Gasteiger partial charge in [0.15, 0.2) is 5.69 Å². The Kier molecular flexibility index (Phi) is 4.54. The number of aryl methyl sites for hydroxylation is 1. The molecule has 0 spiro atoms. The van der Waals surface area contributed by atoms with Crippen LogP contribution < -0.4 is 0 Å². The normalized spacial score (nSPS) is 17.2. The topological polar surface area (TPSA) is 94.2 Å². The van der Waals surface area contributed by atoms with Crippen LogP contribution >= 0.6 is 0 Å². The summed E-state index contributed by atoms with van der Waals surface area (Å²) >= 11 is 0. The lowest BCUT2D eigenvalue weighted by atomic mass is 10.2. The third kappa shape index (κ3) is 3.27. The quantitative estimate of drug-likeness (QED) is 0.619. The Balaban J connectivity index is 1.75. The Morgan fingerprint density at radius 2 is 2.17 bits per heavy atom. The van der Waals surface area contributed by atoms with Gasteiger partial charge in [0.25, 0.3) is 0 Å². The number of carbonyl (C=O) groups is 1. The number of aromatic nitrogens is 3. The zero-order chi connectivity index (χ0) is 17.1. The van der Waals surface area contributed by atoms with Gasteiger partial charge in [0, 0.05) is 43.5 Å². The molecule has 24 heavy (non-hydrogen) atoms. The van der Waals surface area contributed by atoms with Crippen molar-refractivity contribution in [1.29, 1.82) is 0 Å². The van der Waals surface area contributed by atoms with E-state index in [4.69, 9.17) is 0 Å². The molecule has 1 fully saturated rings. The van der Waals surface area contributed by atoms with E-state index in [-0.39, 0.29) is 17.6 Å². The Morgan fingerprint density at radius 3 is 2.79 bits per heavy atom. The third-order valence-electron chi connectivity index (χ3n) is 4.32. The van der Waals surface area contributed by atoms with Crippen LogP contribution in [0.5, 0.6) is 0 Å². The first-order chi connectivity index (χ1) is 11.6. The predicted molar refractivity (Wildman–Crippen MR) is 87.1 cm³/mol. The van der Waals surface area contributed by atoms with Crippen LogP contribution in [0.15, 0.2) is 30.7 Å². The molecule has 8 nitrogen and oxygen atoms in total. The van der Waals surface area contributed by atoms with E-state index in [1.165, 1.54) is 10.9 Å². The molecule has 126 valence electrons. The van der Waals surface area contributed by atoms with E-state index in [2.05, 4.69) is 10.1 Å². The Bertz CT molecular complexity index is 743. The summed E-state index contributed by atoms with van der Waals surface area (Å²) in [5.74, 6) is 0.0728. The standard InChI is InChI=1S/C16H19N5O3/c1-12-3-2-9-20(12)15(22)6-10-19-11-14(21(23)24)16(18-19)13-4-7-17-8-5-13/h4-5,7-8,11-12H,2-3,6,9-10H2,1H3. The molecule has 3 heterocycles. The molecular weight excluding hydrogens is 310 g/mol. The highest BCUT2D eigenvalue weighted by molar-refractivity contribution is 5.76.